The molecule has 0 bridgehead atoms. The number of nitrogens with zero attached hydrogens (tertiary/aromatic N) is 1. The molecule has 0 radical (unpaired) electrons. The van der Waals surface area contributed by atoms with E-state index < -0.39 is 11.8 Å². The Balaban J connectivity index is 2.34. The summed E-state index contributed by atoms with van der Waals surface area (Å²) in [4.78, 5) is 24.5. The van der Waals surface area contributed by atoms with Crippen LogP contribution >= 0.6 is 11.6 Å². The van der Waals surface area contributed by atoms with Crippen molar-refractivity contribution < 1.29 is 14.3 Å². The Morgan fingerprint density at radius 1 is 1.56 bits per heavy atom. The molecule has 2 amide bonds. The minimum Gasteiger partial charge on any atom is -0.495 e. The number of amides is 2. The lowest BCUT2D eigenvalue weighted by molar-refractivity contribution is -0.123. The Kier molecular flexibility index (Phi) is 3.43. The summed E-state index contributed by atoms with van der Waals surface area (Å²) in [6, 6.07) is 5.00. The molecule has 5 nitrogen and oxygen atoms in total. The van der Waals surface area contributed by atoms with E-state index in [0.29, 0.717) is 16.5 Å². The van der Waals surface area contributed by atoms with Crippen LogP contribution in [0.3, 0.4) is 0 Å². The number of nitrogens with two attached hydrogens (primary N) is 1. The highest BCUT2D eigenvalue weighted by molar-refractivity contribution is 6.31. The summed E-state index contributed by atoms with van der Waals surface area (Å²) in [5.41, 5.74) is 5.79. The van der Waals surface area contributed by atoms with Crippen LogP contribution in [-0.2, 0) is 9.59 Å². The van der Waals surface area contributed by atoms with E-state index in [1.165, 1.54) is 12.0 Å². The van der Waals surface area contributed by atoms with Gasteiger partial charge in [0.1, 0.15) is 5.75 Å². The van der Waals surface area contributed by atoms with Gasteiger partial charge in [-0.15, -0.1) is 0 Å². The number of halogens is 1. The predicted molar refractivity (Wildman–Crippen MR) is 67.7 cm³/mol. The minimum absolute atomic E-state index is 0.130. The molecule has 1 aliphatic heterocycles. The zero-order chi connectivity index (χ0) is 13.3. The van der Waals surface area contributed by atoms with Gasteiger partial charge in [0.15, 0.2) is 0 Å². The van der Waals surface area contributed by atoms with Crippen molar-refractivity contribution in [3.63, 3.8) is 0 Å². The molecule has 6 heteroatoms. The molecule has 0 saturated carbocycles. The summed E-state index contributed by atoms with van der Waals surface area (Å²) in [6.45, 7) is 0.269. The Hall–Kier alpha value is -1.75. The van der Waals surface area contributed by atoms with Gasteiger partial charge in [-0.2, -0.15) is 0 Å². The SMILES string of the molecule is COc1ccc(Cl)cc1N1C[C@@H](C(N)=O)CC1=O. The van der Waals surface area contributed by atoms with Gasteiger partial charge >= 0.3 is 0 Å². The smallest absolute Gasteiger partial charge is 0.227 e. The fourth-order valence-electron chi connectivity index (χ4n) is 2.01. The van der Waals surface area contributed by atoms with E-state index in [9.17, 15) is 9.59 Å². The number of carbonyl (C=O) groups is 2. The van der Waals surface area contributed by atoms with Crippen molar-refractivity contribution in [1.29, 1.82) is 0 Å². The Bertz CT molecular complexity index is 504. The van der Waals surface area contributed by atoms with E-state index in [1.54, 1.807) is 18.2 Å². The maximum Gasteiger partial charge on any atom is 0.227 e. The highest BCUT2D eigenvalue weighted by Crippen LogP contribution is 2.35. The lowest BCUT2D eigenvalue weighted by atomic mass is 10.1. The van der Waals surface area contributed by atoms with Gasteiger partial charge in [-0.05, 0) is 18.2 Å². The van der Waals surface area contributed by atoms with Crippen LogP contribution in [0.15, 0.2) is 18.2 Å². The molecule has 1 aromatic carbocycles. The molecular formula is C12H13ClN2O3. The van der Waals surface area contributed by atoms with E-state index in [-0.39, 0.29) is 18.9 Å². The maximum atomic E-state index is 11.9. The number of primary amides is 1. The number of carbonyl (C=O) groups excluding carboxylic acids is 2. The quantitative estimate of drug-likeness (QED) is 0.895. The van der Waals surface area contributed by atoms with Gasteiger partial charge in [0, 0.05) is 18.0 Å². The van der Waals surface area contributed by atoms with Crippen LogP contribution in [0.2, 0.25) is 5.02 Å². The number of hydrogen-bond donors (Lipinski definition) is 1. The lowest BCUT2D eigenvalue weighted by Crippen LogP contribution is -2.28. The molecule has 0 spiro atoms. The Labute approximate surface area is 109 Å². The van der Waals surface area contributed by atoms with Gasteiger partial charge in [0.05, 0.1) is 18.7 Å². The molecule has 0 aliphatic carbocycles. The molecule has 0 aromatic heterocycles. The Morgan fingerprint density at radius 2 is 2.28 bits per heavy atom. The highest BCUT2D eigenvalue weighted by Gasteiger charge is 2.35. The van der Waals surface area contributed by atoms with Gasteiger partial charge in [-0.3, -0.25) is 9.59 Å². The van der Waals surface area contributed by atoms with E-state index in [4.69, 9.17) is 22.1 Å². The molecule has 1 atom stereocenters. The summed E-state index contributed by atoms with van der Waals surface area (Å²) in [5, 5.41) is 0.501. The minimum atomic E-state index is -0.466. The molecule has 1 aromatic rings. The fraction of sp³-hybridized carbons (Fsp3) is 0.333. The molecule has 96 valence electrons. The summed E-state index contributed by atoms with van der Waals surface area (Å²) in [7, 11) is 1.51. The van der Waals surface area contributed by atoms with Crippen molar-refractivity contribution in [3.8, 4) is 5.75 Å². The summed E-state index contributed by atoms with van der Waals surface area (Å²) in [5.74, 6) is -0.537. The molecule has 1 fully saturated rings. The average molecular weight is 269 g/mol. The predicted octanol–water partition coefficient (Wildman–Crippen LogP) is 1.19. The van der Waals surface area contributed by atoms with Gasteiger partial charge in [0.25, 0.3) is 0 Å². The third kappa shape index (κ3) is 2.26. The standard InChI is InChI=1S/C12H13ClN2O3/c1-18-10-3-2-8(13)5-9(10)15-6-7(12(14)17)4-11(15)16/h2-3,5,7H,4,6H2,1H3,(H2,14,17)/t7-/m0/s1. The van der Waals surface area contributed by atoms with Crippen molar-refractivity contribution >= 4 is 29.1 Å². The lowest BCUT2D eigenvalue weighted by Gasteiger charge is -2.19. The van der Waals surface area contributed by atoms with Crippen molar-refractivity contribution in [1.82, 2.24) is 0 Å². The monoisotopic (exact) mass is 268 g/mol. The van der Waals surface area contributed by atoms with Gasteiger partial charge < -0.3 is 15.4 Å². The number of methoxy groups -OCH3 is 1. The third-order valence-corrected chi connectivity index (χ3v) is 3.19. The first-order chi connectivity index (χ1) is 8.52. The molecule has 0 unspecified atom stereocenters. The molecule has 2 rings (SSSR count). The van der Waals surface area contributed by atoms with Crippen LogP contribution < -0.4 is 15.4 Å². The highest BCUT2D eigenvalue weighted by atomic mass is 35.5. The first-order valence-corrected chi connectivity index (χ1v) is 5.84. The molecule has 1 heterocycles. The summed E-state index contributed by atoms with van der Waals surface area (Å²) in [6.07, 6.45) is 0.130. The first kappa shape index (κ1) is 12.7. The Morgan fingerprint density at radius 3 is 2.83 bits per heavy atom. The summed E-state index contributed by atoms with van der Waals surface area (Å²) >= 11 is 5.91. The van der Waals surface area contributed by atoms with Crippen LogP contribution in [0, 0.1) is 5.92 Å². The maximum absolute atomic E-state index is 11.9. The fourth-order valence-corrected chi connectivity index (χ4v) is 2.17. The number of benzene rings is 1. The van der Waals surface area contributed by atoms with E-state index in [1.807, 2.05) is 0 Å². The van der Waals surface area contributed by atoms with Crippen molar-refractivity contribution in [2.75, 3.05) is 18.6 Å². The average Bonchev–Trinajstić information content (AvgIpc) is 2.71. The van der Waals surface area contributed by atoms with Crippen molar-refractivity contribution in [2.45, 2.75) is 6.42 Å². The van der Waals surface area contributed by atoms with Crippen LogP contribution in [-0.4, -0.2) is 25.5 Å². The third-order valence-electron chi connectivity index (χ3n) is 2.96. The zero-order valence-electron chi connectivity index (χ0n) is 9.85. The van der Waals surface area contributed by atoms with Crippen LogP contribution in [0.25, 0.3) is 0 Å². The van der Waals surface area contributed by atoms with Crippen molar-refractivity contribution in [2.24, 2.45) is 11.7 Å². The normalized spacial score (nSPS) is 19.1. The van der Waals surface area contributed by atoms with Gasteiger partial charge in [-0.25, -0.2) is 0 Å². The molecule has 1 saturated heterocycles. The van der Waals surface area contributed by atoms with E-state index in [2.05, 4.69) is 0 Å². The second-order valence-electron chi connectivity index (χ2n) is 4.12. The molecule has 1 aliphatic rings. The van der Waals surface area contributed by atoms with Gasteiger partial charge in [-0.1, -0.05) is 11.6 Å². The van der Waals surface area contributed by atoms with E-state index in [0.717, 1.165) is 0 Å². The number of ether oxygens (including phenoxy) is 1. The second kappa shape index (κ2) is 4.86. The van der Waals surface area contributed by atoms with Crippen LogP contribution in [0.5, 0.6) is 5.75 Å². The summed E-state index contributed by atoms with van der Waals surface area (Å²) < 4.78 is 5.19. The topological polar surface area (TPSA) is 72.6 Å². The second-order valence-corrected chi connectivity index (χ2v) is 4.56. The molecule has 18 heavy (non-hydrogen) atoms. The van der Waals surface area contributed by atoms with E-state index >= 15 is 0 Å². The number of anilines is 1. The number of rotatable bonds is 3. The zero-order valence-corrected chi connectivity index (χ0v) is 10.6. The van der Waals surface area contributed by atoms with Crippen molar-refractivity contribution in [3.05, 3.63) is 23.2 Å². The first-order valence-electron chi connectivity index (χ1n) is 5.46. The largest absolute Gasteiger partial charge is 0.495 e. The van der Waals surface area contributed by atoms with Gasteiger partial charge in [0.2, 0.25) is 11.8 Å². The van der Waals surface area contributed by atoms with Crippen LogP contribution in [0.1, 0.15) is 6.42 Å². The van der Waals surface area contributed by atoms with Crippen LogP contribution in [0.4, 0.5) is 5.69 Å². The molecule has 2 N–H and O–H groups in total. The molecular weight excluding hydrogens is 256 g/mol. The number of hydrogen-bond acceptors (Lipinski definition) is 3.